The summed E-state index contributed by atoms with van der Waals surface area (Å²) in [7, 11) is 0. The van der Waals surface area contributed by atoms with Gasteiger partial charge in [-0.25, -0.2) is 0 Å². The van der Waals surface area contributed by atoms with Crippen molar-refractivity contribution < 1.29 is 9.47 Å². The van der Waals surface area contributed by atoms with Gasteiger partial charge in [0.15, 0.2) is 0 Å². The first-order valence-electron chi connectivity index (χ1n) is 27.6. The lowest BCUT2D eigenvalue weighted by atomic mass is 9.61. The fraction of sp³-hybridized carbons (Fsp3) is 0.0526. The lowest BCUT2D eigenvalue weighted by Gasteiger charge is -2.41. The van der Waals surface area contributed by atoms with Crippen molar-refractivity contribution in [1.29, 1.82) is 0 Å². The van der Waals surface area contributed by atoms with E-state index in [1.54, 1.807) is 0 Å². The number of benzene rings is 12. The number of fused-ring (bicyclic) bond motifs is 27. The van der Waals surface area contributed by atoms with Gasteiger partial charge in [0.05, 0.1) is 21.9 Å². The zero-order valence-electron chi connectivity index (χ0n) is 43.0. The fourth-order valence-corrected chi connectivity index (χ4v) is 15.9. The summed E-state index contributed by atoms with van der Waals surface area (Å²) in [5.41, 5.74) is 26.4. The van der Waals surface area contributed by atoms with E-state index in [1.807, 2.05) is 0 Å². The highest BCUT2D eigenvalue weighted by Gasteiger charge is 2.55. The van der Waals surface area contributed by atoms with Crippen molar-refractivity contribution in [1.82, 2.24) is 0 Å². The topological polar surface area (TPSA) is 21.7 Å². The zero-order valence-corrected chi connectivity index (χ0v) is 43.0. The maximum atomic E-state index is 6.85. The first kappa shape index (κ1) is 43.2. The Bertz CT molecular complexity index is 4310. The lowest BCUT2D eigenvalue weighted by molar-refractivity contribution is 0.436. The minimum atomic E-state index is -0.664. The molecule has 0 aromatic heterocycles. The first-order chi connectivity index (χ1) is 39.2. The van der Waals surface area contributed by atoms with Gasteiger partial charge in [-0.15, -0.1) is 0 Å². The van der Waals surface area contributed by atoms with Crippen LogP contribution in [0.1, 0.15) is 77.9 Å². The molecule has 2 heterocycles. The van der Waals surface area contributed by atoms with E-state index in [4.69, 9.17) is 9.47 Å². The summed E-state index contributed by atoms with van der Waals surface area (Å²) in [6, 6.07) is 102. The smallest absolute Gasteiger partial charge is 0.132 e. The van der Waals surface area contributed by atoms with Crippen LogP contribution in [0.4, 0.5) is 17.1 Å². The molecule has 0 fully saturated rings. The summed E-state index contributed by atoms with van der Waals surface area (Å²) < 4.78 is 13.7. The maximum Gasteiger partial charge on any atom is 0.132 e. The van der Waals surface area contributed by atoms with Crippen LogP contribution in [0, 0.1) is 0 Å². The van der Waals surface area contributed by atoms with Gasteiger partial charge in [-0.3, -0.25) is 0 Å². The second-order valence-corrected chi connectivity index (χ2v) is 22.1. The van der Waals surface area contributed by atoms with Crippen LogP contribution in [0.2, 0.25) is 0 Å². The predicted molar refractivity (Wildman–Crippen MR) is 316 cm³/mol. The van der Waals surface area contributed by atoms with Crippen LogP contribution in [0.25, 0.3) is 33.4 Å². The summed E-state index contributed by atoms with van der Waals surface area (Å²) in [5.74, 6) is 3.51. The second kappa shape index (κ2) is 15.6. The number of rotatable bonds is 3. The average molecular weight is 1010 g/mol. The van der Waals surface area contributed by atoms with Crippen LogP contribution < -0.4 is 14.4 Å². The van der Waals surface area contributed by atoms with Gasteiger partial charge in [-0.1, -0.05) is 218 Å². The molecule has 12 aromatic carbocycles. The third-order valence-corrected chi connectivity index (χ3v) is 18.7. The van der Waals surface area contributed by atoms with Crippen molar-refractivity contribution in [2.75, 3.05) is 4.90 Å². The number of hydrogen-bond acceptors (Lipinski definition) is 3. The van der Waals surface area contributed by atoms with E-state index in [1.165, 1.54) is 89.0 Å². The third-order valence-electron chi connectivity index (χ3n) is 18.7. The maximum absolute atomic E-state index is 6.85. The number of anilines is 3. The normalized spacial score (nSPS) is 15.3. The van der Waals surface area contributed by atoms with Gasteiger partial charge >= 0.3 is 0 Å². The van der Waals surface area contributed by atoms with Gasteiger partial charge in [-0.2, -0.15) is 0 Å². The highest BCUT2D eigenvalue weighted by molar-refractivity contribution is 6.00. The SMILES string of the molecule is c1ccc2c(c1)Cc1ccccc1C21c2ccccc2-c2c(N(c3ccc4c(c3)C3(c5ccccc5Oc5ccccc53)c3ccccc3-4)c3ccc4c(c3)C3(c5ccccc5Oc5ccccc53)c3ccccc3-4)cccc21. The summed E-state index contributed by atoms with van der Waals surface area (Å²) in [5, 5.41) is 0. The highest BCUT2D eigenvalue weighted by Crippen LogP contribution is 2.67. The van der Waals surface area contributed by atoms with Gasteiger partial charge in [0, 0.05) is 39.2 Å². The van der Waals surface area contributed by atoms with Crippen molar-refractivity contribution >= 4 is 17.1 Å². The van der Waals surface area contributed by atoms with Gasteiger partial charge in [0.2, 0.25) is 0 Å². The van der Waals surface area contributed by atoms with E-state index in [9.17, 15) is 0 Å². The molecule has 4 aliphatic carbocycles. The Morgan fingerprint density at radius 1 is 0.253 bits per heavy atom. The third kappa shape index (κ3) is 5.28. The molecule has 3 nitrogen and oxygen atoms in total. The first-order valence-corrected chi connectivity index (χ1v) is 27.6. The lowest BCUT2D eigenvalue weighted by Crippen LogP contribution is -2.34. The largest absolute Gasteiger partial charge is 0.457 e. The molecule has 0 bridgehead atoms. The van der Waals surface area contributed by atoms with Crippen molar-refractivity contribution in [3.05, 3.63) is 351 Å². The average Bonchev–Trinajstić information content (AvgIpc) is 3.79. The fourth-order valence-electron chi connectivity index (χ4n) is 15.9. The van der Waals surface area contributed by atoms with Crippen LogP contribution in [-0.2, 0) is 22.7 Å². The molecular weight excluding hydrogens is 959 g/mol. The van der Waals surface area contributed by atoms with E-state index in [0.717, 1.165) is 68.7 Å². The summed E-state index contributed by atoms with van der Waals surface area (Å²) in [4.78, 5) is 2.59. The zero-order chi connectivity index (χ0) is 51.6. The Labute approximate surface area is 458 Å². The Morgan fingerprint density at radius 3 is 1.04 bits per heavy atom. The van der Waals surface area contributed by atoms with Crippen molar-refractivity contribution in [3.63, 3.8) is 0 Å². The number of para-hydroxylation sites is 4. The minimum absolute atomic E-state index is 0.544. The molecule has 12 aromatic rings. The van der Waals surface area contributed by atoms with Crippen LogP contribution in [0.3, 0.4) is 0 Å². The predicted octanol–water partition coefficient (Wildman–Crippen LogP) is 18.4. The quantitative estimate of drug-likeness (QED) is 0.176. The molecular formula is C76H47NO2. The molecule has 18 rings (SSSR count). The molecule has 0 unspecified atom stereocenters. The molecule has 0 amide bonds. The molecule has 2 aliphatic heterocycles. The van der Waals surface area contributed by atoms with Crippen LogP contribution in [0.15, 0.2) is 273 Å². The molecule has 0 radical (unpaired) electrons. The molecule has 79 heavy (non-hydrogen) atoms. The van der Waals surface area contributed by atoms with Gasteiger partial charge in [0.25, 0.3) is 0 Å². The van der Waals surface area contributed by atoms with Gasteiger partial charge in [0.1, 0.15) is 23.0 Å². The van der Waals surface area contributed by atoms with E-state index in [-0.39, 0.29) is 0 Å². The number of ether oxygens (including phenoxy) is 2. The van der Waals surface area contributed by atoms with E-state index < -0.39 is 16.2 Å². The molecule has 368 valence electrons. The van der Waals surface area contributed by atoms with E-state index in [0.29, 0.717) is 0 Å². The van der Waals surface area contributed by atoms with Crippen LogP contribution in [0.5, 0.6) is 23.0 Å². The van der Waals surface area contributed by atoms with E-state index >= 15 is 0 Å². The molecule has 0 saturated carbocycles. The summed E-state index contributed by atoms with van der Waals surface area (Å²) >= 11 is 0. The molecule has 3 heteroatoms. The molecule has 0 saturated heterocycles. The van der Waals surface area contributed by atoms with Crippen LogP contribution >= 0.6 is 0 Å². The summed E-state index contributed by atoms with van der Waals surface area (Å²) in [6.07, 6.45) is 0.893. The van der Waals surface area contributed by atoms with Crippen LogP contribution in [-0.4, -0.2) is 0 Å². The Kier molecular flexibility index (Phi) is 8.52. The summed E-state index contributed by atoms with van der Waals surface area (Å²) in [6.45, 7) is 0. The van der Waals surface area contributed by atoms with Crippen molar-refractivity contribution in [2.24, 2.45) is 0 Å². The molecule has 3 spiro atoms. The van der Waals surface area contributed by atoms with Gasteiger partial charge in [-0.05, 0) is 144 Å². The number of hydrogen-bond donors (Lipinski definition) is 0. The Balaban J connectivity index is 0.964. The minimum Gasteiger partial charge on any atom is -0.457 e. The van der Waals surface area contributed by atoms with E-state index in [2.05, 4.69) is 278 Å². The Hall–Kier alpha value is -9.96. The monoisotopic (exact) mass is 1010 g/mol. The standard InChI is InChI=1S/C76H47NO2/c1-6-25-56-47(20-1)44-48-21-2-7-26-57(48)74(56)60-29-10-5-24-55(60)73-65(74)34-19-35-68(73)77(49-40-42-53-51-22-3-8-27-58(51)75(66(53)45-49)61-30-11-15-36-69(61)78-70-37-16-12-31-62(70)75)50-41-43-54-52-23-4-9-28-59(52)76(67(54)46-50)63-32-13-17-38-71(63)79-72-39-18-14-33-64(72)76/h1-43,45-46H,44H2. The molecule has 0 atom stereocenters. The van der Waals surface area contributed by atoms with Gasteiger partial charge < -0.3 is 14.4 Å². The molecule has 6 aliphatic rings. The molecule has 0 N–H and O–H groups in total. The second-order valence-electron chi connectivity index (χ2n) is 22.1. The highest BCUT2D eigenvalue weighted by atomic mass is 16.5. The number of nitrogens with zero attached hydrogens (tertiary/aromatic N) is 1. The van der Waals surface area contributed by atoms with Crippen molar-refractivity contribution in [2.45, 2.75) is 22.7 Å². The van der Waals surface area contributed by atoms with Crippen molar-refractivity contribution in [3.8, 4) is 56.4 Å². The Morgan fingerprint density at radius 2 is 0.582 bits per heavy atom.